The number of carbonyl (C=O) groups excluding carboxylic acids is 2. The molecular formula is C25H34BrN3O5S. The topological polar surface area (TPSA) is 96.0 Å². The van der Waals surface area contributed by atoms with Gasteiger partial charge in [-0.25, -0.2) is 8.42 Å². The molecule has 0 unspecified atom stereocenters. The molecule has 1 N–H and O–H groups in total. The number of sulfonamides is 1. The van der Waals surface area contributed by atoms with Crippen LogP contribution in [0.15, 0.2) is 53.0 Å². The quantitative estimate of drug-likeness (QED) is 0.419. The molecule has 192 valence electrons. The van der Waals surface area contributed by atoms with Gasteiger partial charge in [0.1, 0.15) is 18.3 Å². The van der Waals surface area contributed by atoms with Gasteiger partial charge in [-0.1, -0.05) is 47.1 Å². The molecule has 2 amide bonds. The van der Waals surface area contributed by atoms with E-state index in [1.807, 2.05) is 38.1 Å². The van der Waals surface area contributed by atoms with Crippen LogP contribution in [0.2, 0.25) is 0 Å². The summed E-state index contributed by atoms with van der Waals surface area (Å²) in [7, 11) is -3.84. The van der Waals surface area contributed by atoms with Crippen molar-refractivity contribution in [2.24, 2.45) is 0 Å². The second kappa shape index (κ2) is 12.9. The minimum atomic E-state index is -3.84. The van der Waals surface area contributed by atoms with Gasteiger partial charge in [-0.05, 0) is 57.0 Å². The lowest BCUT2D eigenvalue weighted by Crippen LogP contribution is -2.52. The number of halogens is 1. The fourth-order valence-corrected chi connectivity index (χ4v) is 4.72. The van der Waals surface area contributed by atoms with E-state index in [-0.39, 0.29) is 24.2 Å². The SMILES string of the molecule is CCOc1ccccc1N(CC(=O)N(Cc1cccc(Br)c1)[C@H](C)C(=O)N[C@@H](C)CC)S(C)(=O)=O. The molecule has 2 aromatic carbocycles. The largest absolute Gasteiger partial charge is 0.492 e. The molecule has 2 atom stereocenters. The Balaban J connectivity index is 2.43. The number of para-hydroxylation sites is 2. The number of amides is 2. The Hall–Kier alpha value is -2.59. The van der Waals surface area contributed by atoms with E-state index in [4.69, 9.17) is 4.74 Å². The zero-order valence-electron chi connectivity index (χ0n) is 20.8. The van der Waals surface area contributed by atoms with Crippen LogP contribution < -0.4 is 14.4 Å². The lowest BCUT2D eigenvalue weighted by atomic mass is 10.1. The van der Waals surface area contributed by atoms with Gasteiger partial charge in [-0.2, -0.15) is 0 Å². The highest BCUT2D eigenvalue weighted by Crippen LogP contribution is 2.30. The van der Waals surface area contributed by atoms with E-state index in [0.29, 0.717) is 12.4 Å². The average Bonchev–Trinajstić information content (AvgIpc) is 2.80. The summed E-state index contributed by atoms with van der Waals surface area (Å²) in [6.45, 7) is 7.29. The lowest BCUT2D eigenvalue weighted by Gasteiger charge is -2.32. The molecule has 0 aliphatic rings. The van der Waals surface area contributed by atoms with Crippen LogP contribution in [0.3, 0.4) is 0 Å². The lowest BCUT2D eigenvalue weighted by molar-refractivity contribution is -0.139. The van der Waals surface area contributed by atoms with Gasteiger partial charge in [-0.3, -0.25) is 13.9 Å². The van der Waals surface area contributed by atoms with Gasteiger partial charge in [0.2, 0.25) is 21.8 Å². The summed E-state index contributed by atoms with van der Waals surface area (Å²) in [4.78, 5) is 28.0. The van der Waals surface area contributed by atoms with Gasteiger partial charge in [0, 0.05) is 17.1 Å². The standard InChI is InChI=1S/C25H34BrN3O5S/c1-6-18(3)27-25(31)19(4)28(16-20-11-10-12-21(26)15-20)24(30)17-29(35(5,32)33)22-13-8-9-14-23(22)34-7-2/h8-15,18-19H,6-7,16-17H2,1-5H3,(H,27,31)/t18-,19+/m0/s1. The summed E-state index contributed by atoms with van der Waals surface area (Å²) in [5.41, 5.74) is 1.07. The van der Waals surface area contributed by atoms with Crippen molar-refractivity contribution >= 4 is 43.5 Å². The minimum Gasteiger partial charge on any atom is -0.492 e. The normalized spacial score (nSPS) is 13.0. The molecule has 35 heavy (non-hydrogen) atoms. The van der Waals surface area contributed by atoms with Crippen LogP contribution in [-0.2, 0) is 26.2 Å². The van der Waals surface area contributed by atoms with Gasteiger partial charge >= 0.3 is 0 Å². The van der Waals surface area contributed by atoms with Crippen molar-refractivity contribution in [1.29, 1.82) is 0 Å². The van der Waals surface area contributed by atoms with Crippen LogP contribution in [0, 0.1) is 0 Å². The monoisotopic (exact) mass is 567 g/mol. The van der Waals surface area contributed by atoms with Crippen LogP contribution in [0.25, 0.3) is 0 Å². The zero-order chi connectivity index (χ0) is 26.2. The molecule has 0 aromatic heterocycles. The Morgan fingerprint density at radius 2 is 1.77 bits per heavy atom. The van der Waals surface area contributed by atoms with Crippen LogP contribution in [0.5, 0.6) is 5.75 Å². The summed E-state index contributed by atoms with van der Waals surface area (Å²) in [6, 6.07) is 13.2. The van der Waals surface area contributed by atoms with E-state index >= 15 is 0 Å². The zero-order valence-corrected chi connectivity index (χ0v) is 23.2. The predicted octanol–water partition coefficient (Wildman–Crippen LogP) is 3.95. The predicted molar refractivity (Wildman–Crippen MR) is 142 cm³/mol. The van der Waals surface area contributed by atoms with Crippen molar-refractivity contribution in [2.75, 3.05) is 23.7 Å². The number of nitrogens with zero attached hydrogens (tertiary/aromatic N) is 2. The Bertz CT molecular complexity index is 1130. The summed E-state index contributed by atoms with van der Waals surface area (Å²) in [5, 5.41) is 2.91. The molecular weight excluding hydrogens is 534 g/mol. The maximum atomic E-state index is 13.6. The smallest absolute Gasteiger partial charge is 0.244 e. The summed E-state index contributed by atoms with van der Waals surface area (Å²) in [5.74, 6) is -0.453. The first-order valence-electron chi connectivity index (χ1n) is 11.5. The van der Waals surface area contributed by atoms with Crippen molar-refractivity contribution in [3.8, 4) is 5.75 Å². The van der Waals surface area contributed by atoms with Crippen LogP contribution >= 0.6 is 15.9 Å². The van der Waals surface area contributed by atoms with Crippen molar-refractivity contribution < 1.29 is 22.7 Å². The highest BCUT2D eigenvalue weighted by Gasteiger charge is 2.31. The fourth-order valence-electron chi connectivity index (χ4n) is 3.42. The van der Waals surface area contributed by atoms with Gasteiger partial charge in [0.25, 0.3) is 0 Å². The van der Waals surface area contributed by atoms with Crippen molar-refractivity contribution in [1.82, 2.24) is 10.2 Å². The second-order valence-corrected chi connectivity index (χ2v) is 11.1. The molecule has 0 aliphatic carbocycles. The number of rotatable bonds is 12. The Morgan fingerprint density at radius 1 is 1.09 bits per heavy atom. The van der Waals surface area contributed by atoms with Crippen molar-refractivity contribution in [2.45, 2.75) is 52.7 Å². The summed E-state index contributed by atoms with van der Waals surface area (Å²) >= 11 is 3.43. The van der Waals surface area contributed by atoms with Gasteiger partial charge in [0.15, 0.2) is 0 Å². The Labute approximate surface area is 216 Å². The van der Waals surface area contributed by atoms with Gasteiger partial charge < -0.3 is 15.0 Å². The van der Waals surface area contributed by atoms with E-state index < -0.39 is 28.5 Å². The third-order valence-corrected chi connectivity index (χ3v) is 7.14. The number of benzene rings is 2. The molecule has 0 saturated heterocycles. The molecule has 8 nitrogen and oxygen atoms in total. The first-order valence-corrected chi connectivity index (χ1v) is 14.2. The maximum absolute atomic E-state index is 13.6. The van der Waals surface area contributed by atoms with Gasteiger partial charge in [-0.15, -0.1) is 0 Å². The van der Waals surface area contributed by atoms with E-state index in [0.717, 1.165) is 27.0 Å². The molecule has 2 rings (SSSR count). The molecule has 10 heteroatoms. The number of anilines is 1. The highest BCUT2D eigenvalue weighted by atomic mass is 79.9. The minimum absolute atomic E-state index is 0.0571. The van der Waals surface area contributed by atoms with E-state index in [9.17, 15) is 18.0 Å². The van der Waals surface area contributed by atoms with E-state index in [2.05, 4.69) is 21.2 Å². The van der Waals surface area contributed by atoms with E-state index in [1.165, 1.54) is 4.90 Å². The summed E-state index contributed by atoms with van der Waals surface area (Å²) < 4.78 is 33.0. The molecule has 0 saturated carbocycles. The number of hydrogen-bond acceptors (Lipinski definition) is 5. The summed E-state index contributed by atoms with van der Waals surface area (Å²) in [6.07, 6.45) is 1.79. The molecule has 0 aliphatic heterocycles. The first-order chi connectivity index (χ1) is 16.5. The number of nitrogens with one attached hydrogen (secondary N) is 1. The average molecular weight is 569 g/mol. The third kappa shape index (κ3) is 8.24. The van der Waals surface area contributed by atoms with Crippen LogP contribution in [0.4, 0.5) is 5.69 Å². The first kappa shape index (κ1) is 28.6. The second-order valence-electron chi connectivity index (χ2n) is 8.32. The molecule has 0 radical (unpaired) electrons. The molecule has 0 heterocycles. The van der Waals surface area contributed by atoms with Crippen molar-refractivity contribution in [3.05, 3.63) is 58.6 Å². The maximum Gasteiger partial charge on any atom is 0.244 e. The molecule has 0 bridgehead atoms. The number of carbonyl (C=O) groups is 2. The van der Waals surface area contributed by atoms with Gasteiger partial charge in [0.05, 0.1) is 18.6 Å². The molecule has 0 spiro atoms. The highest BCUT2D eigenvalue weighted by molar-refractivity contribution is 9.10. The fraction of sp³-hybridized carbons (Fsp3) is 0.440. The molecule has 0 fully saturated rings. The van der Waals surface area contributed by atoms with Crippen molar-refractivity contribution in [3.63, 3.8) is 0 Å². The number of ether oxygens (including phenoxy) is 1. The van der Waals surface area contributed by atoms with E-state index in [1.54, 1.807) is 38.1 Å². The molecule has 2 aromatic rings. The third-order valence-electron chi connectivity index (χ3n) is 5.52. The number of hydrogen-bond donors (Lipinski definition) is 1. The van der Waals surface area contributed by atoms with Crippen LogP contribution in [-0.4, -0.2) is 56.6 Å². The Morgan fingerprint density at radius 3 is 2.37 bits per heavy atom. The van der Waals surface area contributed by atoms with Crippen LogP contribution in [0.1, 0.15) is 39.7 Å². The Kier molecular flexibility index (Phi) is 10.6.